The van der Waals surface area contributed by atoms with Crippen molar-refractivity contribution in [2.45, 2.75) is 58.9 Å². The first kappa shape index (κ1) is 17.4. The number of benzene rings is 1. The van der Waals surface area contributed by atoms with Crippen molar-refractivity contribution in [1.82, 2.24) is 20.1 Å². The molecule has 1 aliphatic rings. The lowest BCUT2D eigenvalue weighted by atomic mass is 10.1. The van der Waals surface area contributed by atoms with E-state index in [1.165, 1.54) is 0 Å². The number of urea groups is 1. The molecule has 2 aromatic rings. The summed E-state index contributed by atoms with van der Waals surface area (Å²) in [5.74, 6) is 0.979. The van der Waals surface area contributed by atoms with Crippen LogP contribution in [0.4, 0.5) is 10.5 Å². The zero-order chi connectivity index (χ0) is 17.8. The standard InChI is InChI=1S/C18H25N5O2/c1-12(2)25-10-14-5-4-6-16(13(14)3)22-18(24)21-15-7-8-17-19-11-20-23(17)9-15/h4-6,11-12,15H,7-10H2,1-3H3,(H2,21,22,24). The second-order valence-corrected chi connectivity index (χ2v) is 6.64. The normalized spacial score (nSPS) is 16.6. The van der Waals surface area contributed by atoms with Crippen LogP contribution in [0.3, 0.4) is 0 Å². The van der Waals surface area contributed by atoms with Gasteiger partial charge in [0.1, 0.15) is 12.2 Å². The SMILES string of the molecule is Cc1c(COC(C)C)cccc1NC(=O)NC1CCc2ncnn2C1. The molecule has 0 fully saturated rings. The smallest absolute Gasteiger partial charge is 0.319 e. The fraction of sp³-hybridized carbons (Fsp3) is 0.500. The Morgan fingerprint density at radius 1 is 1.44 bits per heavy atom. The predicted octanol–water partition coefficient (Wildman–Crippen LogP) is 2.65. The molecule has 7 nitrogen and oxygen atoms in total. The number of aryl methyl sites for hydroxylation is 1. The highest BCUT2D eigenvalue weighted by Gasteiger charge is 2.21. The largest absolute Gasteiger partial charge is 0.374 e. The maximum absolute atomic E-state index is 12.4. The Morgan fingerprint density at radius 2 is 2.28 bits per heavy atom. The van der Waals surface area contributed by atoms with Gasteiger partial charge in [0.15, 0.2) is 0 Å². The maximum atomic E-state index is 12.4. The molecule has 0 spiro atoms. The minimum absolute atomic E-state index is 0.0574. The Kier molecular flexibility index (Phi) is 5.33. The maximum Gasteiger partial charge on any atom is 0.319 e. The first-order valence-electron chi connectivity index (χ1n) is 8.67. The van der Waals surface area contributed by atoms with Crippen molar-refractivity contribution in [3.63, 3.8) is 0 Å². The molecule has 1 aromatic heterocycles. The van der Waals surface area contributed by atoms with Crippen LogP contribution in [-0.2, 0) is 24.3 Å². The van der Waals surface area contributed by atoms with Crippen molar-refractivity contribution in [3.8, 4) is 0 Å². The molecule has 3 rings (SSSR count). The minimum atomic E-state index is -0.196. The van der Waals surface area contributed by atoms with E-state index in [4.69, 9.17) is 4.74 Å². The first-order chi connectivity index (χ1) is 12.0. The van der Waals surface area contributed by atoms with Crippen LogP contribution in [0.5, 0.6) is 0 Å². The summed E-state index contributed by atoms with van der Waals surface area (Å²) < 4.78 is 7.52. The van der Waals surface area contributed by atoms with Gasteiger partial charge < -0.3 is 15.4 Å². The average molecular weight is 343 g/mol. The number of hydrogen-bond donors (Lipinski definition) is 2. The lowest BCUT2D eigenvalue weighted by Crippen LogP contribution is -2.43. The molecule has 0 saturated carbocycles. The van der Waals surface area contributed by atoms with E-state index in [0.29, 0.717) is 13.2 Å². The van der Waals surface area contributed by atoms with Crippen molar-refractivity contribution in [2.24, 2.45) is 0 Å². The Bertz CT molecular complexity index is 741. The number of anilines is 1. The Morgan fingerprint density at radius 3 is 3.08 bits per heavy atom. The molecular weight excluding hydrogens is 318 g/mol. The number of carbonyl (C=O) groups is 1. The van der Waals surface area contributed by atoms with E-state index in [1.807, 2.05) is 43.7 Å². The number of ether oxygens (including phenoxy) is 1. The number of nitrogens with one attached hydrogen (secondary N) is 2. The number of aromatic nitrogens is 3. The van der Waals surface area contributed by atoms with Crippen molar-refractivity contribution in [1.29, 1.82) is 0 Å². The van der Waals surface area contributed by atoms with Gasteiger partial charge in [0.25, 0.3) is 0 Å². The Hall–Kier alpha value is -2.41. The molecule has 2 N–H and O–H groups in total. The number of fused-ring (bicyclic) bond motifs is 1. The Labute approximate surface area is 147 Å². The highest BCUT2D eigenvalue weighted by molar-refractivity contribution is 5.90. The number of amides is 2. The third kappa shape index (κ3) is 4.36. The predicted molar refractivity (Wildman–Crippen MR) is 95.4 cm³/mol. The number of rotatable bonds is 5. The van der Waals surface area contributed by atoms with Crippen molar-refractivity contribution < 1.29 is 9.53 Å². The summed E-state index contributed by atoms with van der Waals surface area (Å²) in [6.45, 7) is 7.21. The molecule has 134 valence electrons. The van der Waals surface area contributed by atoms with Crippen LogP contribution >= 0.6 is 0 Å². The number of hydrogen-bond acceptors (Lipinski definition) is 4. The van der Waals surface area contributed by atoms with E-state index >= 15 is 0 Å². The molecule has 0 radical (unpaired) electrons. The molecule has 25 heavy (non-hydrogen) atoms. The first-order valence-corrected chi connectivity index (χ1v) is 8.67. The second kappa shape index (κ2) is 7.65. The van der Waals surface area contributed by atoms with Gasteiger partial charge in [-0.05, 0) is 44.4 Å². The van der Waals surface area contributed by atoms with Gasteiger partial charge in [0, 0.05) is 12.1 Å². The Balaban J connectivity index is 1.59. The molecule has 2 heterocycles. The van der Waals surface area contributed by atoms with Crippen molar-refractivity contribution in [3.05, 3.63) is 41.5 Å². The van der Waals surface area contributed by atoms with Gasteiger partial charge in [0.05, 0.1) is 25.3 Å². The van der Waals surface area contributed by atoms with Crippen LogP contribution in [0.2, 0.25) is 0 Å². The topological polar surface area (TPSA) is 81.1 Å². The quantitative estimate of drug-likeness (QED) is 0.874. The van der Waals surface area contributed by atoms with Crippen molar-refractivity contribution >= 4 is 11.7 Å². The second-order valence-electron chi connectivity index (χ2n) is 6.64. The van der Waals surface area contributed by atoms with Crippen LogP contribution in [-0.4, -0.2) is 32.9 Å². The van der Waals surface area contributed by atoms with Crippen LogP contribution in [0.15, 0.2) is 24.5 Å². The zero-order valence-corrected chi connectivity index (χ0v) is 15.0. The summed E-state index contributed by atoms with van der Waals surface area (Å²) in [6, 6.07) is 5.73. The lowest BCUT2D eigenvalue weighted by Gasteiger charge is -2.24. The van der Waals surface area contributed by atoms with E-state index in [0.717, 1.165) is 35.5 Å². The lowest BCUT2D eigenvalue weighted by molar-refractivity contribution is 0.0654. The molecule has 0 saturated heterocycles. The molecule has 1 aromatic carbocycles. The highest BCUT2D eigenvalue weighted by Crippen LogP contribution is 2.20. The molecule has 1 atom stereocenters. The summed E-state index contributed by atoms with van der Waals surface area (Å²) in [5.41, 5.74) is 2.91. The van der Waals surface area contributed by atoms with Crippen molar-refractivity contribution in [2.75, 3.05) is 5.32 Å². The van der Waals surface area contributed by atoms with Gasteiger partial charge in [-0.15, -0.1) is 0 Å². The highest BCUT2D eigenvalue weighted by atomic mass is 16.5. The van der Waals surface area contributed by atoms with E-state index < -0.39 is 0 Å². The summed E-state index contributed by atoms with van der Waals surface area (Å²) in [6.07, 6.45) is 3.43. The monoisotopic (exact) mass is 343 g/mol. The molecule has 7 heteroatoms. The van der Waals surface area contributed by atoms with Gasteiger partial charge in [-0.3, -0.25) is 0 Å². The molecule has 0 bridgehead atoms. The molecule has 1 aliphatic heterocycles. The number of carbonyl (C=O) groups excluding carboxylic acids is 1. The third-order valence-electron chi connectivity index (χ3n) is 4.41. The molecule has 2 amide bonds. The third-order valence-corrected chi connectivity index (χ3v) is 4.41. The minimum Gasteiger partial charge on any atom is -0.374 e. The fourth-order valence-electron chi connectivity index (χ4n) is 2.93. The van der Waals surface area contributed by atoms with Gasteiger partial charge in [0.2, 0.25) is 0 Å². The fourth-order valence-corrected chi connectivity index (χ4v) is 2.93. The summed E-state index contributed by atoms with van der Waals surface area (Å²) in [5, 5.41) is 10.2. The summed E-state index contributed by atoms with van der Waals surface area (Å²) in [7, 11) is 0. The number of nitrogens with zero attached hydrogens (tertiary/aromatic N) is 3. The zero-order valence-electron chi connectivity index (χ0n) is 15.0. The van der Waals surface area contributed by atoms with E-state index in [-0.39, 0.29) is 18.2 Å². The van der Waals surface area contributed by atoms with Crippen LogP contribution in [0.1, 0.15) is 37.2 Å². The summed E-state index contributed by atoms with van der Waals surface area (Å²) >= 11 is 0. The summed E-state index contributed by atoms with van der Waals surface area (Å²) in [4.78, 5) is 16.6. The van der Waals surface area contributed by atoms with Crippen LogP contribution < -0.4 is 10.6 Å². The van der Waals surface area contributed by atoms with E-state index in [9.17, 15) is 4.79 Å². The van der Waals surface area contributed by atoms with Gasteiger partial charge in [-0.2, -0.15) is 5.10 Å². The van der Waals surface area contributed by atoms with Gasteiger partial charge in [-0.1, -0.05) is 12.1 Å². The van der Waals surface area contributed by atoms with Gasteiger partial charge >= 0.3 is 6.03 Å². The van der Waals surface area contributed by atoms with Crippen LogP contribution in [0, 0.1) is 6.92 Å². The molecular formula is C18H25N5O2. The van der Waals surface area contributed by atoms with Crippen LogP contribution in [0.25, 0.3) is 0 Å². The molecule has 0 aliphatic carbocycles. The van der Waals surface area contributed by atoms with E-state index in [2.05, 4.69) is 20.7 Å². The van der Waals surface area contributed by atoms with E-state index in [1.54, 1.807) is 6.33 Å². The molecule has 1 unspecified atom stereocenters. The van der Waals surface area contributed by atoms with Gasteiger partial charge in [-0.25, -0.2) is 14.5 Å². The average Bonchev–Trinajstić information content (AvgIpc) is 3.03.